The highest BCUT2D eigenvalue weighted by Crippen LogP contribution is 2.34. The van der Waals surface area contributed by atoms with Crippen molar-refractivity contribution in [3.8, 4) is 0 Å². The third kappa shape index (κ3) is 3.26. The predicted molar refractivity (Wildman–Crippen MR) is 72.0 cm³/mol. The van der Waals surface area contributed by atoms with E-state index in [1.165, 1.54) is 0 Å². The monoisotopic (exact) mass is 340 g/mol. The second kappa shape index (κ2) is 5.78. The molecule has 0 aromatic heterocycles. The van der Waals surface area contributed by atoms with Gasteiger partial charge in [0.1, 0.15) is 5.82 Å². The summed E-state index contributed by atoms with van der Waals surface area (Å²) in [5.74, 6) is -1.50. The lowest BCUT2D eigenvalue weighted by Crippen LogP contribution is -2.48. The first-order valence-corrected chi connectivity index (χ1v) is 8.11. The molecule has 2 N–H and O–H groups in total. The summed E-state index contributed by atoms with van der Waals surface area (Å²) in [6.07, 6.45) is -4.10. The molecule has 1 aromatic carbocycles. The van der Waals surface area contributed by atoms with Gasteiger partial charge in [0, 0.05) is 18.6 Å². The zero-order valence-corrected chi connectivity index (χ0v) is 12.6. The number of benzene rings is 1. The lowest BCUT2D eigenvalue weighted by molar-refractivity contribution is -0.140. The van der Waals surface area contributed by atoms with Crippen molar-refractivity contribution >= 4 is 10.0 Å². The number of alkyl halides is 3. The molecule has 0 bridgehead atoms. The molecule has 1 saturated heterocycles. The maximum absolute atomic E-state index is 13.3. The van der Waals surface area contributed by atoms with Gasteiger partial charge in [-0.2, -0.15) is 17.5 Å². The second-order valence-electron chi connectivity index (χ2n) is 5.39. The Hall–Kier alpha value is -1.19. The molecular weight excluding hydrogens is 324 g/mol. The van der Waals surface area contributed by atoms with Gasteiger partial charge in [-0.3, -0.25) is 0 Å². The number of nitrogens with two attached hydrogens (primary N) is 1. The standard InChI is InChI=1S/C13H16F4N2O2S/c1-8-6-9(18)4-5-19(8)22(20,21)10-2-3-12(14)11(7-10)13(15,16)17/h2-3,7-9H,4-6,18H2,1H3/t8-,9+/m0/s1. The van der Waals surface area contributed by atoms with Crippen molar-refractivity contribution < 1.29 is 26.0 Å². The van der Waals surface area contributed by atoms with Crippen LogP contribution in [0, 0.1) is 5.82 Å². The SMILES string of the molecule is C[C@H]1C[C@H](N)CCN1S(=O)(=O)c1ccc(F)c(C(F)(F)F)c1. The minimum Gasteiger partial charge on any atom is -0.328 e. The van der Waals surface area contributed by atoms with Crippen LogP contribution < -0.4 is 5.73 Å². The zero-order valence-electron chi connectivity index (χ0n) is 11.8. The number of hydrogen-bond acceptors (Lipinski definition) is 3. The zero-order chi connectivity index (χ0) is 16.7. The van der Waals surface area contributed by atoms with Crippen LogP contribution in [0.4, 0.5) is 17.6 Å². The average molecular weight is 340 g/mol. The molecule has 1 heterocycles. The Balaban J connectivity index is 2.42. The van der Waals surface area contributed by atoms with E-state index in [4.69, 9.17) is 5.73 Å². The van der Waals surface area contributed by atoms with E-state index in [0.29, 0.717) is 25.0 Å². The number of nitrogens with zero attached hydrogens (tertiary/aromatic N) is 1. The molecule has 22 heavy (non-hydrogen) atoms. The third-order valence-corrected chi connectivity index (χ3v) is 5.72. The maximum atomic E-state index is 13.3. The lowest BCUT2D eigenvalue weighted by atomic mass is 10.0. The van der Waals surface area contributed by atoms with Crippen LogP contribution >= 0.6 is 0 Å². The highest BCUT2D eigenvalue weighted by Gasteiger charge is 2.38. The van der Waals surface area contributed by atoms with E-state index < -0.39 is 38.5 Å². The minimum atomic E-state index is -4.95. The Kier molecular flexibility index (Phi) is 4.51. The van der Waals surface area contributed by atoms with Gasteiger partial charge in [-0.15, -0.1) is 0 Å². The number of rotatable bonds is 2. The van der Waals surface area contributed by atoms with Gasteiger partial charge in [0.25, 0.3) is 0 Å². The first kappa shape index (κ1) is 17.2. The van der Waals surface area contributed by atoms with Gasteiger partial charge in [0.2, 0.25) is 10.0 Å². The second-order valence-corrected chi connectivity index (χ2v) is 7.28. The molecule has 2 atom stereocenters. The minimum absolute atomic E-state index is 0.128. The van der Waals surface area contributed by atoms with Gasteiger partial charge in [-0.1, -0.05) is 0 Å². The van der Waals surface area contributed by atoms with Crippen LogP contribution in [0.15, 0.2) is 23.1 Å². The van der Waals surface area contributed by atoms with E-state index in [-0.39, 0.29) is 12.6 Å². The van der Waals surface area contributed by atoms with Crippen molar-refractivity contribution in [2.75, 3.05) is 6.54 Å². The van der Waals surface area contributed by atoms with E-state index in [1.54, 1.807) is 6.92 Å². The van der Waals surface area contributed by atoms with Gasteiger partial charge in [-0.05, 0) is 38.0 Å². The molecule has 0 spiro atoms. The Bertz CT molecular complexity index is 660. The molecule has 1 aliphatic heterocycles. The van der Waals surface area contributed by atoms with Crippen LogP contribution in [0.25, 0.3) is 0 Å². The van der Waals surface area contributed by atoms with Crippen LogP contribution in [0.2, 0.25) is 0 Å². The summed E-state index contributed by atoms with van der Waals surface area (Å²) < 4.78 is 77.5. The summed E-state index contributed by atoms with van der Waals surface area (Å²) in [5.41, 5.74) is 4.16. The smallest absolute Gasteiger partial charge is 0.328 e. The van der Waals surface area contributed by atoms with E-state index in [1.807, 2.05) is 0 Å². The van der Waals surface area contributed by atoms with Gasteiger partial charge < -0.3 is 5.73 Å². The summed E-state index contributed by atoms with van der Waals surface area (Å²) in [6, 6.07) is 1.15. The van der Waals surface area contributed by atoms with Crippen molar-refractivity contribution in [3.63, 3.8) is 0 Å². The molecule has 9 heteroatoms. The van der Waals surface area contributed by atoms with Crippen molar-refractivity contribution in [1.29, 1.82) is 0 Å². The summed E-state index contributed by atoms with van der Waals surface area (Å²) in [7, 11) is -4.12. The molecule has 4 nitrogen and oxygen atoms in total. The fraction of sp³-hybridized carbons (Fsp3) is 0.538. The molecule has 0 aliphatic carbocycles. The molecule has 0 saturated carbocycles. The summed E-state index contributed by atoms with van der Waals surface area (Å²) in [5, 5.41) is 0. The van der Waals surface area contributed by atoms with Crippen LogP contribution in [0.3, 0.4) is 0 Å². The number of piperidine rings is 1. The number of sulfonamides is 1. The fourth-order valence-electron chi connectivity index (χ4n) is 2.56. The lowest BCUT2D eigenvalue weighted by Gasteiger charge is -2.35. The maximum Gasteiger partial charge on any atom is 0.419 e. The Labute approximate surface area is 126 Å². The molecule has 1 aromatic rings. The van der Waals surface area contributed by atoms with Crippen LogP contribution in [0.5, 0.6) is 0 Å². The van der Waals surface area contributed by atoms with Crippen molar-refractivity contribution in [2.24, 2.45) is 5.73 Å². The van der Waals surface area contributed by atoms with E-state index in [2.05, 4.69) is 0 Å². The van der Waals surface area contributed by atoms with Crippen molar-refractivity contribution in [1.82, 2.24) is 4.31 Å². The molecule has 0 amide bonds. The topological polar surface area (TPSA) is 63.4 Å². The first-order chi connectivity index (χ1) is 10.0. The third-order valence-electron chi connectivity index (χ3n) is 3.71. The van der Waals surface area contributed by atoms with Crippen molar-refractivity contribution in [2.45, 2.75) is 42.9 Å². The fourth-order valence-corrected chi connectivity index (χ4v) is 4.24. The summed E-state index contributed by atoms with van der Waals surface area (Å²) >= 11 is 0. The first-order valence-electron chi connectivity index (χ1n) is 6.67. The van der Waals surface area contributed by atoms with E-state index in [9.17, 15) is 26.0 Å². The van der Waals surface area contributed by atoms with Crippen LogP contribution in [-0.4, -0.2) is 31.4 Å². The molecule has 0 unspecified atom stereocenters. The summed E-state index contributed by atoms with van der Waals surface area (Å²) in [6.45, 7) is 1.77. The highest BCUT2D eigenvalue weighted by molar-refractivity contribution is 7.89. The predicted octanol–water partition coefficient (Wildman–Crippen LogP) is 2.34. The van der Waals surface area contributed by atoms with Crippen LogP contribution in [-0.2, 0) is 16.2 Å². The van der Waals surface area contributed by atoms with E-state index in [0.717, 1.165) is 10.4 Å². The molecule has 2 rings (SSSR count). The Morgan fingerprint density at radius 2 is 1.95 bits per heavy atom. The average Bonchev–Trinajstić information content (AvgIpc) is 2.36. The molecule has 124 valence electrons. The summed E-state index contributed by atoms with van der Waals surface area (Å²) in [4.78, 5) is -0.566. The van der Waals surface area contributed by atoms with Gasteiger partial charge >= 0.3 is 6.18 Å². The largest absolute Gasteiger partial charge is 0.419 e. The van der Waals surface area contributed by atoms with Crippen LogP contribution in [0.1, 0.15) is 25.3 Å². The molecule has 1 aliphatic rings. The highest BCUT2D eigenvalue weighted by atomic mass is 32.2. The molecule has 1 fully saturated rings. The van der Waals surface area contributed by atoms with Gasteiger partial charge in [0.05, 0.1) is 10.5 Å². The molecule has 0 radical (unpaired) electrons. The Morgan fingerprint density at radius 3 is 2.50 bits per heavy atom. The van der Waals surface area contributed by atoms with Gasteiger partial charge in [0.15, 0.2) is 0 Å². The van der Waals surface area contributed by atoms with Crippen molar-refractivity contribution in [3.05, 3.63) is 29.6 Å². The molecular formula is C13H16F4N2O2S. The van der Waals surface area contributed by atoms with Gasteiger partial charge in [-0.25, -0.2) is 12.8 Å². The number of hydrogen-bond donors (Lipinski definition) is 1. The normalized spacial score (nSPS) is 24.5. The Morgan fingerprint density at radius 1 is 1.32 bits per heavy atom. The van der Waals surface area contributed by atoms with E-state index >= 15 is 0 Å². The quantitative estimate of drug-likeness (QED) is 0.841. The number of halogens is 4.